The number of halogens is 1. The van der Waals surface area contributed by atoms with E-state index in [1.807, 2.05) is 6.07 Å². The summed E-state index contributed by atoms with van der Waals surface area (Å²) in [6.07, 6.45) is 6.31. The Morgan fingerprint density at radius 1 is 0.941 bits per heavy atom. The molecule has 0 amide bonds. The van der Waals surface area contributed by atoms with Crippen LogP contribution in [0.25, 0.3) is 12.2 Å². The van der Waals surface area contributed by atoms with Crippen molar-refractivity contribution in [1.29, 1.82) is 0 Å². The minimum Gasteiger partial charge on any atom is -0.202 e. The third kappa shape index (κ3) is 3.97. The maximum Gasteiger partial charge on any atom is 0.204 e. The van der Waals surface area contributed by atoms with Crippen molar-refractivity contribution in [3.8, 4) is 0 Å². The molecule has 0 saturated heterocycles. The zero-order valence-corrected chi connectivity index (χ0v) is 12.5. The number of hydrogen-bond acceptors (Lipinski definition) is 0. The molecule has 1 heterocycles. The van der Waals surface area contributed by atoms with Crippen molar-refractivity contribution in [3.05, 3.63) is 65.5 Å². The highest BCUT2D eigenvalue weighted by molar-refractivity contribution is 14.0. The van der Waals surface area contributed by atoms with E-state index in [2.05, 4.69) is 73.3 Å². The number of aromatic nitrogens is 1. The van der Waals surface area contributed by atoms with Crippen LogP contribution in [0, 0.1) is 6.92 Å². The van der Waals surface area contributed by atoms with E-state index in [1.54, 1.807) is 0 Å². The monoisotopic (exact) mass is 338 g/mol. The van der Waals surface area contributed by atoms with Crippen LogP contribution < -0.4 is 4.57 Å². The Morgan fingerprint density at radius 2 is 1.65 bits per heavy atom. The Labute approximate surface area is 120 Å². The smallest absolute Gasteiger partial charge is 0.202 e. The lowest BCUT2D eigenvalue weighted by molar-refractivity contribution is -0.673. The third-order valence-corrected chi connectivity index (χ3v) is 2.62. The van der Waals surface area contributed by atoms with Crippen molar-refractivity contribution < 1.29 is 4.57 Å². The molecule has 0 unspecified atom stereocenters. The van der Waals surface area contributed by atoms with E-state index in [-0.39, 0.29) is 24.0 Å². The number of aryl methyl sites for hydroxylation is 2. The highest BCUT2D eigenvalue weighted by atomic mass is 127. The van der Waals surface area contributed by atoms with Gasteiger partial charge in [0.05, 0.1) is 0 Å². The molecule has 1 nitrogen and oxygen atoms in total. The molecule has 0 bridgehead atoms. The lowest BCUT2D eigenvalue weighted by Crippen LogP contribution is -2.30. The third-order valence-electron chi connectivity index (χ3n) is 2.62. The molecule has 0 aliphatic heterocycles. The summed E-state index contributed by atoms with van der Waals surface area (Å²) in [7, 11) is 2.05. The summed E-state index contributed by atoms with van der Waals surface area (Å²) in [4.78, 5) is 0. The van der Waals surface area contributed by atoms with Gasteiger partial charge in [-0.15, -0.1) is 24.0 Å². The van der Waals surface area contributed by atoms with Crippen LogP contribution in [0.15, 0.2) is 48.7 Å². The van der Waals surface area contributed by atoms with E-state index < -0.39 is 0 Å². The topological polar surface area (TPSA) is 3.88 Å². The van der Waals surface area contributed by atoms with Gasteiger partial charge in [-0.25, -0.2) is 4.57 Å². The minimum atomic E-state index is 0. The molecule has 2 rings (SSSR count). The van der Waals surface area contributed by atoms with E-state index >= 15 is 0 Å². The van der Waals surface area contributed by atoms with Crippen molar-refractivity contribution >= 4 is 36.1 Å². The van der Waals surface area contributed by atoms with Crippen molar-refractivity contribution in [2.24, 2.45) is 7.05 Å². The van der Waals surface area contributed by atoms with E-state index in [0.29, 0.717) is 0 Å². The Hall–Kier alpha value is -1.16. The van der Waals surface area contributed by atoms with E-state index in [4.69, 9.17) is 0 Å². The first-order valence-corrected chi connectivity index (χ1v) is 5.45. The molecule has 2 aromatic rings. The van der Waals surface area contributed by atoms with Gasteiger partial charge in [-0.1, -0.05) is 29.8 Å². The predicted molar refractivity (Wildman–Crippen MR) is 83.1 cm³/mol. The van der Waals surface area contributed by atoms with Crippen molar-refractivity contribution in [2.45, 2.75) is 6.92 Å². The second-order valence-corrected chi connectivity index (χ2v) is 3.98. The number of hydrogen-bond donors (Lipinski definition) is 0. The van der Waals surface area contributed by atoms with Gasteiger partial charge in [0.2, 0.25) is 5.69 Å². The first kappa shape index (κ1) is 13.9. The summed E-state index contributed by atoms with van der Waals surface area (Å²) in [5.74, 6) is 0. The SMILES string of the molecule is Cc1ccc(C=Cc2cccc[n+]2C)cc1.I. The van der Waals surface area contributed by atoms with Crippen LogP contribution >= 0.6 is 24.0 Å². The van der Waals surface area contributed by atoms with Gasteiger partial charge in [0.1, 0.15) is 7.05 Å². The number of benzene rings is 1. The van der Waals surface area contributed by atoms with E-state index in [1.165, 1.54) is 16.8 Å². The fourth-order valence-electron chi connectivity index (χ4n) is 1.57. The Balaban J connectivity index is 0.00000144. The van der Waals surface area contributed by atoms with Crippen LogP contribution in [0.1, 0.15) is 16.8 Å². The largest absolute Gasteiger partial charge is 0.204 e. The van der Waals surface area contributed by atoms with Gasteiger partial charge >= 0.3 is 0 Å². The Bertz CT molecular complexity index is 501. The normalized spacial score (nSPS) is 10.2. The minimum absolute atomic E-state index is 0. The van der Waals surface area contributed by atoms with Gasteiger partial charge in [0.25, 0.3) is 0 Å². The molecule has 88 valence electrons. The van der Waals surface area contributed by atoms with E-state index in [0.717, 1.165) is 0 Å². The summed E-state index contributed by atoms with van der Waals surface area (Å²) in [6.45, 7) is 2.10. The lowest BCUT2D eigenvalue weighted by Gasteiger charge is -1.95. The average Bonchev–Trinajstić information content (AvgIpc) is 2.30. The molecule has 1 aromatic carbocycles. The van der Waals surface area contributed by atoms with Crippen molar-refractivity contribution in [1.82, 2.24) is 0 Å². The molecular formula is C15H17IN+. The quantitative estimate of drug-likeness (QED) is 0.582. The zero-order valence-electron chi connectivity index (χ0n) is 10.1. The summed E-state index contributed by atoms with van der Waals surface area (Å²) < 4.78 is 2.10. The second kappa shape index (κ2) is 6.55. The maximum atomic E-state index is 2.13. The number of nitrogens with zero attached hydrogens (tertiary/aromatic N) is 1. The van der Waals surface area contributed by atoms with Gasteiger partial charge < -0.3 is 0 Å². The zero-order chi connectivity index (χ0) is 11.4. The molecule has 0 spiro atoms. The lowest BCUT2D eigenvalue weighted by atomic mass is 10.1. The van der Waals surface area contributed by atoms with Crippen LogP contribution in [0.5, 0.6) is 0 Å². The van der Waals surface area contributed by atoms with E-state index in [9.17, 15) is 0 Å². The van der Waals surface area contributed by atoms with Crippen LogP contribution in [-0.4, -0.2) is 0 Å². The summed E-state index contributed by atoms with van der Waals surface area (Å²) in [5.41, 5.74) is 3.72. The highest BCUT2D eigenvalue weighted by Crippen LogP contribution is 2.07. The maximum absolute atomic E-state index is 2.13. The Kier molecular flexibility index (Phi) is 5.35. The van der Waals surface area contributed by atoms with Gasteiger partial charge in [-0.2, -0.15) is 0 Å². The second-order valence-electron chi connectivity index (χ2n) is 3.98. The van der Waals surface area contributed by atoms with Gasteiger partial charge in [-0.3, -0.25) is 0 Å². The average molecular weight is 338 g/mol. The molecule has 1 aromatic heterocycles. The molecule has 0 N–H and O–H groups in total. The summed E-state index contributed by atoms with van der Waals surface area (Å²) in [6, 6.07) is 14.7. The van der Waals surface area contributed by atoms with Gasteiger partial charge in [-0.05, 0) is 24.6 Å². The first-order valence-electron chi connectivity index (χ1n) is 5.45. The molecule has 0 saturated carbocycles. The predicted octanol–water partition coefficient (Wildman–Crippen LogP) is 3.61. The summed E-state index contributed by atoms with van der Waals surface area (Å²) in [5, 5.41) is 0. The van der Waals surface area contributed by atoms with Crippen LogP contribution in [0.3, 0.4) is 0 Å². The molecule has 0 aliphatic carbocycles. The number of rotatable bonds is 2. The Morgan fingerprint density at radius 3 is 2.29 bits per heavy atom. The number of pyridine rings is 1. The van der Waals surface area contributed by atoms with Crippen LogP contribution in [0.4, 0.5) is 0 Å². The summed E-state index contributed by atoms with van der Waals surface area (Å²) >= 11 is 0. The molecule has 0 radical (unpaired) electrons. The van der Waals surface area contributed by atoms with Crippen LogP contribution in [-0.2, 0) is 7.05 Å². The first-order chi connectivity index (χ1) is 7.75. The van der Waals surface area contributed by atoms with Crippen molar-refractivity contribution in [2.75, 3.05) is 0 Å². The van der Waals surface area contributed by atoms with Crippen molar-refractivity contribution in [3.63, 3.8) is 0 Å². The molecular weight excluding hydrogens is 321 g/mol. The van der Waals surface area contributed by atoms with Gasteiger partial charge in [0.15, 0.2) is 6.20 Å². The molecule has 17 heavy (non-hydrogen) atoms. The molecule has 0 fully saturated rings. The molecule has 0 aliphatic rings. The molecule has 0 atom stereocenters. The fourth-order valence-corrected chi connectivity index (χ4v) is 1.57. The highest BCUT2D eigenvalue weighted by Gasteiger charge is 1.98. The van der Waals surface area contributed by atoms with Crippen LogP contribution in [0.2, 0.25) is 0 Å². The standard InChI is InChI=1S/C15H16N.HI/c1-13-6-8-14(9-7-13)10-11-15-5-3-4-12-16(15)2;/h3-12H,1-2H3;1H/q+1;. The fraction of sp³-hybridized carbons (Fsp3) is 0.133. The van der Waals surface area contributed by atoms with Gasteiger partial charge in [0, 0.05) is 18.2 Å². The molecule has 2 heteroatoms.